The number of nitro benzene ring substituents is 1. The molecule has 40 heavy (non-hydrogen) atoms. The van der Waals surface area contributed by atoms with Crippen molar-refractivity contribution < 1.29 is 18.1 Å². The van der Waals surface area contributed by atoms with Gasteiger partial charge in [0.25, 0.3) is 21.6 Å². The van der Waals surface area contributed by atoms with Crippen LogP contribution in [0.25, 0.3) is 5.69 Å². The normalized spacial score (nSPS) is 11.5. The Morgan fingerprint density at radius 2 is 1.60 bits per heavy atom. The van der Waals surface area contributed by atoms with Crippen molar-refractivity contribution in [1.29, 1.82) is 0 Å². The number of benzene rings is 3. The molecule has 1 heterocycles. The predicted octanol–water partition coefficient (Wildman–Crippen LogP) is 4.96. The van der Waals surface area contributed by atoms with Crippen molar-refractivity contribution in [3.63, 3.8) is 0 Å². The molecule has 11 heteroatoms. The Labute approximate surface area is 232 Å². The third-order valence-electron chi connectivity index (χ3n) is 6.29. The predicted molar refractivity (Wildman–Crippen MR) is 155 cm³/mol. The lowest BCUT2D eigenvalue weighted by Crippen LogP contribution is -2.39. The van der Waals surface area contributed by atoms with E-state index in [1.54, 1.807) is 18.2 Å². The molecule has 0 atom stereocenters. The Morgan fingerprint density at radius 3 is 2.25 bits per heavy atom. The lowest BCUT2D eigenvalue weighted by atomic mass is 10.1. The van der Waals surface area contributed by atoms with Crippen LogP contribution in [0.3, 0.4) is 0 Å². The monoisotopic (exact) mass is 559 g/mol. The molecule has 0 spiro atoms. The first-order valence-corrected chi connectivity index (χ1v) is 13.8. The molecular weight excluding hydrogens is 530 g/mol. The quantitative estimate of drug-likeness (QED) is 0.176. The number of hydrogen-bond donors (Lipinski definition) is 1. The van der Waals surface area contributed by atoms with Gasteiger partial charge < -0.3 is 4.57 Å². The number of carbonyl (C=O) groups is 1. The number of nitrogens with zero attached hydrogens (tertiary/aromatic N) is 4. The molecule has 1 aromatic heterocycles. The van der Waals surface area contributed by atoms with Gasteiger partial charge in [-0.2, -0.15) is 5.10 Å². The second-order valence-electron chi connectivity index (χ2n) is 9.37. The Kier molecular flexibility index (Phi) is 8.15. The minimum Gasteiger partial charge on any atom is -0.318 e. The van der Waals surface area contributed by atoms with Gasteiger partial charge in [0.15, 0.2) is 4.90 Å². The van der Waals surface area contributed by atoms with Crippen molar-refractivity contribution in [2.45, 2.75) is 32.6 Å². The first-order chi connectivity index (χ1) is 19.0. The topological polar surface area (TPSA) is 127 Å². The molecule has 0 aliphatic rings. The van der Waals surface area contributed by atoms with Crippen LogP contribution < -0.4 is 9.73 Å². The van der Waals surface area contributed by atoms with E-state index in [9.17, 15) is 23.3 Å². The lowest BCUT2D eigenvalue weighted by molar-refractivity contribution is -0.387. The minimum absolute atomic E-state index is 0.178. The number of carbonyl (C=O) groups excluding carboxylic acids is 1. The average molecular weight is 560 g/mol. The number of hydrazone groups is 1. The summed E-state index contributed by atoms with van der Waals surface area (Å²) in [6.45, 7) is 7.36. The summed E-state index contributed by atoms with van der Waals surface area (Å²) in [5, 5.41) is 15.6. The van der Waals surface area contributed by atoms with Crippen molar-refractivity contribution in [3.8, 4) is 5.69 Å². The first kappa shape index (κ1) is 28.2. The molecule has 1 amide bonds. The number of amides is 1. The Bertz CT molecular complexity index is 1690. The highest BCUT2D eigenvalue weighted by Gasteiger charge is 2.33. The van der Waals surface area contributed by atoms with Crippen LogP contribution in [0.5, 0.6) is 0 Å². The maximum Gasteiger partial charge on any atom is 0.289 e. The molecule has 0 saturated heterocycles. The molecular formula is C29H29N5O5S. The van der Waals surface area contributed by atoms with Gasteiger partial charge >= 0.3 is 0 Å². The van der Waals surface area contributed by atoms with Crippen LogP contribution >= 0.6 is 0 Å². The van der Waals surface area contributed by atoms with Crippen molar-refractivity contribution in [1.82, 2.24) is 9.99 Å². The molecule has 0 aliphatic heterocycles. The lowest BCUT2D eigenvalue weighted by Gasteiger charge is -2.23. The van der Waals surface area contributed by atoms with E-state index in [1.807, 2.05) is 33.8 Å². The zero-order valence-electron chi connectivity index (χ0n) is 22.5. The van der Waals surface area contributed by atoms with Crippen molar-refractivity contribution >= 4 is 33.5 Å². The van der Waals surface area contributed by atoms with E-state index in [0.29, 0.717) is 0 Å². The minimum atomic E-state index is -4.47. The molecule has 206 valence electrons. The standard InChI is InChI=1S/C29H29N5O5S/c1-20-14-21(2)16-26(15-20)33-22(3)17-24(23(33)4)18-30-31-29(35)19-32(25-10-6-5-7-11-25)40(38,39)28-13-9-8-12-27(28)34(36)37/h5-18H,19H2,1-4H3,(H,31,35)/b30-18-. The zero-order valence-corrected chi connectivity index (χ0v) is 23.3. The van der Waals surface area contributed by atoms with Crippen LogP contribution in [0.2, 0.25) is 0 Å². The van der Waals surface area contributed by atoms with Gasteiger partial charge in [0.05, 0.1) is 16.8 Å². The summed E-state index contributed by atoms with van der Waals surface area (Å²) >= 11 is 0. The van der Waals surface area contributed by atoms with Gasteiger partial charge in [-0.05, 0) is 75.2 Å². The maximum absolute atomic E-state index is 13.6. The van der Waals surface area contributed by atoms with Crippen molar-refractivity contribution in [2.75, 3.05) is 10.8 Å². The van der Waals surface area contributed by atoms with Crippen LogP contribution in [0, 0.1) is 37.8 Å². The number of hydrogen-bond acceptors (Lipinski definition) is 6. The summed E-state index contributed by atoms with van der Waals surface area (Å²) in [4.78, 5) is 23.1. The van der Waals surface area contributed by atoms with E-state index in [1.165, 1.54) is 30.5 Å². The molecule has 4 aromatic rings. The molecule has 0 aliphatic carbocycles. The van der Waals surface area contributed by atoms with Gasteiger partial charge in [-0.15, -0.1) is 0 Å². The molecule has 4 rings (SSSR count). The number of sulfonamides is 1. The Morgan fingerprint density at radius 1 is 0.975 bits per heavy atom. The van der Waals surface area contributed by atoms with E-state index >= 15 is 0 Å². The summed E-state index contributed by atoms with van der Waals surface area (Å²) in [5.74, 6) is -0.717. The van der Waals surface area contributed by atoms with Gasteiger partial charge in [0.1, 0.15) is 6.54 Å². The molecule has 1 N–H and O–H groups in total. The summed E-state index contributed by atoms with van der Waals surface area (Å²) in [6.07, 6.45) is 1.50. The van der Waals surface area contributed by atoms with Crippen LogP contribution in [0.4, 0.5) is 11.4 Å². The average Bonchev–Trinajstić information content (AvgIpc) is 3.19. The van der Waals surface area contributed by atoms with Crippen LogP contribution in [0.1, 0.15) is 28.1 Å². The number of para-hydroxylation sites is 2. The van der Waals surface area contributed by atoms with Crippen molar-refractivity contribution in [3.05, 3.63) is 117 Å². The summed E-state index contributed by atoms with van der Waals surface area (Å²) in [6, 6.07) is 21.2. The molecule has 0 fully saturated rings. The molecule has 10 nitrogen and oxygen atoms in total. The van der Waals surface area contributed by atoms with Gasteiger partial charge in [-0.1, -0.05) is 36.4 Å². The largest absolute Gasteiger partial charge is 0.318 e. The fraction of sp³-hybridized carbons (Fsp3) is 0.172. The number of aromatic nitrogens is 1. The van der Waals surface area contributed by atoms with Gasteiger partial charge in [-0.25, -0.2) is 13.8 Å². The highest BCUT2D eigenvalue weighted by atomic mass is 32.2. The molecule has 0 bridgehead atoms. The highest BCUT2D eigenvalue weighted by Crippen LogP contribution is 2.29. The summed E-state index contributed by atoms with van der Waals surface area (Å²) in [7, 11) is -4.47. The first-order valence-electron chi connectivity index (χ1n) is 12.4. The fourth-order valence-electron chi connectivity index (χ4n) is 4.59. The van der Waals surface area contributed by atoms with E-state index < -0.39 is 38.0 Å². The number of nitrogens with one attached hydrogen (secondary N) is 1. The Hall–Kier alpha value is -4.77. The second-order valence-corrected chi connectivity index (χ2v) is 11.2. The maximum atomic E-state index is 13.6. The van der Waals surface area contributed by atoms with E-state index in [-0.39, 0.29) is 5.69 Å². The summed E-state index contributed by atoms with van der Waals surface area (Å²) < 4.78 is 30.0. The molecule has 0 saturated carbocycles. The highest BCUT2D eigenvalue weighted by molar-refractivity contribution is 7.93. The smallest absolute Gasteiger partial charge is 0.289 e. The van der Waals surface area contributed by atoms with Gasteiger partial charge in [0.2, 0.25) is 0 Å². The van der Waals surface area contributed by atoms with Crippen molar-refractivity contribution in [2.24, 2.45) is 5.10 Å². The second kappa shape index (κ2) is 11.5. The van der Waals surface area contributed by atoms with Crippen LogP contribution in [0.15, 0.2) is 88.9 Å². The number of rotatable bonds is 9. The molecule has 3 aromatic carbocycles. The molecule has 0 radical (unpaired) electrons. The van der Waals surface area contributed by atoms with Crippen LogP contribution in [-0.4, -0.2) is 36.6 Å². The number of nitro groups is 1. The molecule has 0 unspecified atom stereocenters. The number of aryl methyl sites for hydroxylation is 3. The SMILES string of the molecule is Cc1cc(C)cc(-n2c(C)cc(/C=N\NC(=O)CN(c3ccccc3)S(=O)(=O)c3ccccc3[N+](=O)[O-])c2C)c1. The zero-order chi connectivity index (χ0) is 29.0. The third-order valence-corrected chi connectivity index (χ3v) is 8.11. The third kappa shape index (κ3) is 5.94. The van der Waals surface area contributed by atoms with E-state index in [0.717, 1.165) is 50.2 Å². The van der Waals surface area contributed by atoms with Crippen LogP contribution in [-0.2, 0) is 14.8 Å². The number of anilines is 1. The van der Waals surface area contributed by atoms with E-state index in [4.69, 9.17) is 0 Å². The summed E-state index contributed by atoms with van der Waals surface area (Å²) in [5.41, 5.74) is 7.98. The van der Waals surface area contributed by atoms with Gasteiger partial charge in [-0.3, -0.25) is 19.2 Å². The van der Waals surface area contributed by atoms with E-state index in [2.05, 4.69) is 33.3 Å². The Balaban J connectivity index is 1.58. The van der Waals surface area contributed by atoms with Gasteiger partial charge in [0, 0.05) is 28.7 Å². The fourth-order valence-corrected chi connectivity index (χ4v) is 6.17.